The standard InChI is InChI=1S/C12H8Cl2N2O3/c13-9-2-1-3-10(16(17)18)12(9)19-7-8-4-5-15-11(14)6-8/h1-6H,7H2. The van der Waals surface area contributed by atoms with E-state index in [1.54, 1.807) is 12.1 Å². The van der Waals surface area contributed by atoms with Crippen LogP contribution in [0.3, 0.4) is 0 Å². The van der Waals surface area contributed by atoms with Crippen LogP contribution >= 0.6 is 23.2 Å². The number of hydrogen-bond donors (Lipinski definition) is 0. The van der Waals surface area contributed by atoms with Gasteiger partial charge in [-0.1, -0.05) is 29.3 Å². The minimum Gasteiger partial charge on any atom is -0.481 e. The van der Waals surface area contributed by atoms with Crippen molar-refractivity contribution in [2.75, 3.05) is 0 Å². The van der Waals surface area contributed by atoms with Gasteiger partial charge >= 0.3 is 5.69 Å². The summed E-state index contributed by atoms with van der Waals surface area (Å²) in [5, 5.41) is 11.4. The number of aromatic nitrogens is 1. The summed E-state index contributed by atoms with van der Waals surface area (Å²) in [6.07, 6.45) is 1.53. The molecule has 0 spiro atoms. The van der Waals surface area contributed by atoms with Crippen LogP contribution in [-0.4, -0.2) is 9.91 Å². The molecule has 1 heterocycles. The summed E-state index contributed by atoms with van der Waals surface area (Å²) in [4.78, 5) is 14.2. The van der Waals surface area contributed by atoms with Crippen LogP contribution < -0.4 is 4.74 Å². The van der Waals surface area contributed by atoms with Crippen LogP contribution in [0.5, 0.6) is 5.75 Å². The molecule has 0 saturated carbocycles. The summed E-state index contributed by atoms with van der Waals surface area (Å²) in [6.45, 7) is 0.118. The molecule has 7 heteroatoms. The molecule has 0 aliphatic carbocycles. The van der Waals surface area contributed by atoms with E-state index in [1.807, 2.05) is 0 Å². The Morgan fingerprint density at radius 1 is 1.32 bits per heavy atom. The highest BCUT2D eigenvalue weighted by Gasteiger charge is 2.18. The second kappa shape index (κ2) is 5.86. The largest absolute Gasteiger partial charge is 0.481 e. The third-order valence-corrected chi connectivity index (χ3v) is 2.82. The third-order valence-electron chi connectivity index (χ3n) is 2.32. The van der Waals surface area contributed by atoms with E-state index in [2.05, 4.69) is 4.98 Å². The Balaban J connectivity index is 2.22. The fourth-order valence-electron chi connectivity index (χ4n) is 1.47. The van der Waals surface area contributed by atoms with Crippen molar-refractivity contribution in [3.05, 3.63) is 62.4 Å². The van der Waals surface area contributed by atoms with Gasteiger partial charge in [-0.2, -0.15) is 0 Å². The molecule has 0 saturated heterocycles. The normalized spacial score (nSPS) is 10.2. The molecule has 0 radical (unpaired) electrons. The van der Waals surface area contributed by atoms with Crippen molar-refractivity contribution in [1.29, 1.82) is 0 Å². The molecule has 0 atom stereocenters. The van der Waals surface area contributed by atoms with Crippen molar-refractivity contribution < 1.29 is 9.66 Å². The van der Waals surface area contributed by atoms with Crippen LogP contribution in [0.1, 0.15) is 5.56 Å². The van der Waals surface area contributed by atoms with E-state index in [1.165, 1.54) is 24.4 Å². The highest BCUT2D eigenvalue weighted by molar-refractivity contribution is 6.32. The van der Waals surface area contributed by atoms with Gasteiger partial charge in [-0.3, -0.25) is 10.1 Å². The first-order chi connectivity index (χ1) is 9.08. The molecule has 1 aromatic heterocycles. The lowest BCUT2D eigenvalue weighted by atomic mass is 10.2. The fourth-order valence-corrected chi connectivity index (χ4v) is 1.89. The molecule has 98 valence electrons. The third kappa shape index (κ3) is 3.33. The van der Waals surface area contributed by atoms with Crippen molar-refractivity contribution in [1.82, 2.24) is 4.98 Å². The molecular weight excluding hydrogens is 291 g/mol. The fraction of sp³-hybridized carbons (Fsp3) is 0.0833. The molecule has 1 aromatic carbocycles. The van der Waals surface area contributed by atoms with E-state index >= 15 is 0 Å². The zero-order valence-corrected chi connectivity index (χ0v) is 11.1. The number of benzene rings is 1. The van der Waals surface area contributed by atoms with E-state index < -0.39 is 4.92 Å². The highest BCUT2D eigenvalue weighted by Crippen LogP contribution is 2.34. The van der Waals surface area contributed by atoms with E-state index in [0.717, 1.165) is 5.56 Å². The maximum atomic E-state index is 10.9. The second-order valence-corrected chi connectivity index (χ2v) is 4.42. The maximum Gasteiger partial charge on any atom is 0.312 e. The van der Waals surface area contributed by atoms with Gasteiger partial charge in [-0.15, -0.1) is 0 Å². The molecule has 5 nitrogen and oxygen atoms in total. The number of halogens is 2. The minimum absolute atomic E-state index is 0.0436. The van der Waals surface area contributed by atoms with Crippen LogP contribution in [0.4, 0.5) is 5.69 Å². The lowest BCUT2D eigenvalue weighted by Gasteiger charge is -2.08. The van der Waals surface area contributed by atoms with Crippen molar-refractivity contribution in [2.24, 2.45) is 0 Å². The summed E-state index contributed by atoms with van der Waals surface area (Å²) < 4.78 is 5.41. The zero-order chi connectivity index (χ0) is 13.8. The summed E-state index contributed by atoms with van der Waals surface area (Å²) in [6, 6.07) is 7.68. The van der Waals surface area contributed by atoms with Crippen LogP contribution in [0.25, 0.3) is 0 Å². The van der Waals surface area contributed by atoms with Gasteiger partial charge in [0.1, 0.15) is 11.8 Å². The van der Waals surface area contributed by atoms with Crippen LogP contribution in [0.15, 0.2) is 36.5 Å². The maximum absolute atomic E-state index is 10.9. The number of pyridine rings is 1. The van der Waals surface area contributed by atoms with E-state index in [9.17, 15) is 10.1 Å². The number of nitro groups is 1. The van der Waals surface area contributed by atoms with Gasteiger partial charge in [0.25, 0.3) is 0 Å². The van der Waals surface area contributed by atoms with Crippen molar-refractivity contribution in [2.45, 2.75) is 6.61 Å². The Morgan fingerprint density at radius 3 is 2.79 bits per heavy atom. The lowest BCUT2D eigenvalue weighted by molar-refractivity contribution is -0.385. The molecule has 19 heavy (non-hydrogen) atoms. The SMILES string of the molecule is O=[N+]([O-])c1cccc(Cl)c1OCc1ccnc(Cl)c1. The first kappa shape index (κ1) is 13.6. The average molecular weight is 299 g/mol. The van der Waals surface area contributed by atoms with Gasteiger partial charge in [0, 0.05) is 12.3 Å². The monoisotopic (exact) mass is 298 g/mol. The highest BCUT2D eigenvalue weighted by atomic mass is 35.5. The first-order valence-electron chi connectivity index (χ1n) is 5.24. The molecule has 0 amide bonds. The molecule has 0 bridgehead atoms. The Morgan fingerprint density at radius 2 is 2.11 bits per heavy atom. The van der Waals surface area contributed by atoms with E-state index in [4.69, 9.17) is 27.9 Å². The van der Waals surface area contributed by atoms with E-state index in [-0.39, 0.29) is 23.1 Å². The Hall–Kier alpha value is -1.85. The molecule has 2 aromatic rings. The quantitative estimate of drug-likeness (QED) is 0.488. The minimum atomic E-state index is -0.541. The molecule has 0 aliphatic rings. The number of rotatable bonds is 4. The number of nitrogens with zero attached hydrogens (tertiary/aromatic N) is 2. The molecule has 0 unspecified atom stereocenters. The van der Waals surface area contributed by atoms with Crippen LogP contribution in [-0.2, 0) is 6.61 Å². The predicted octanol–water partition coefficient (Wildman–Crippen LogP) is 3.88. The predicted molar refractivity (Wildman–Crippen MR) is 71.7 cm³/mol. The Kier molecular flexibility index (Phi) is 4.19. The number of nitro benzene ring substituents is 1. The van der Waals surface area contributed by atoms with Crippen LogP contribution in [0, 0.1) is 10.1 Å². The van der Waals surface area contributed by atoms with Gasteiger partial charge in [0.05, 0.1) is 9.95 Å². The molecular formula is C12H8Cl2N2O3. The molecule has 0 aliphatic heterocycles. The van der Waals surface area contributed by atoms with Gasteiger partial charge in [0.2, 0.25) is 5.75 Å². The second-order valence-electron chi connectivity index (χ2n) is 3.62. The number of hydrogen-bond acceptors (Lipinski definition) is 4. The summed E-state index contributed by atoms with van der Waals surface area (Å²) in [5.74, 6) is 0.0436. The lowest BCUT2D eigenvalue weighted by Crippen LogP contribution is -2.00. The molecule has 0 N–H and O–H groups in total. The zero-order valence-electron chi connectivity index (χ0n) is 9.55. The Labute approximate surface area is 118 Å². The van der Waals surface area contributed by atoms with Crippen molar-refractivity contribution in [3.8, 4) is 5.75 Å². The van der Waals surface area contributed by atoms with E-state index in [0.29, 0.717) is 5.15 Å². The smallest absolute Gasteiger partial charge is 0.312 e. The topological polar surface area (TPSA) is 65.3 Å². The first-order valence-corrected chi connectivity index (χ1v) is 5.99. The van der Waals surface area contributed by atoms with Gasteiger partial charge in [-0.25, -0.2) is 4.98 Å². The van der Waals surface area contributed by atoms with Crippen LogP contribution in [0.2, 0.25) is 10.2 Å². The molecule has 2 rings (SSSR count). The summed E-state index contributed by atoms with van der Waals surface area (Å²) in [7, 11) is 0. The van der Waals surface area contributed by atoms with Gasteiger partial charge in [0.15, 0.2) is 0 Å². The van der Waals surface area contributed by atoms with Crippen molar-refractivity contribution >= 4 is 28.9 Å². The summed E-state index contributed by atoms with van der Waals surface area (Å²) in [5.41, 5.74) is 0.571. The average Bonchev–Trinajstić information content (AvgIpc) is 2.37. The summed E-state index contributed by atoms with van der Waals surface area (Å²) >= 11 is 11.6. The molecule has 0 fully saturated rings. The number of ether oxygens (including phenoxy) is 1. The van der Waals surface area contributed by atoms with Gasteiger partial charge < -0.3 is 4.74 Å². The Bertz CT molecular complexity index is 620. The van der Waals surface area contributed by atoms with Crippen molar-refractivity contribution in [3.63, 3.8) is 0 Å². The number of para-hydroxylation sites is 1. The van der Waals surface area contributed by atoms with Gasteiger partial charge in [-0.05, 0) is 23.8 Å².